The first-order chi connectivity index (χ1) is 8.28. The first kappa shape index (κ1) is 13.7. The molecule has 9 heteroatoms. The first-order valence-electron chi connectivity index (χ1n) is 4.48. The number of alkyl halides is 3. The fraction of sp³-hybridized carbons (Fsp3) is 0.222. The lowest BCUT2D eigenvalue weighted by molar-refractivity contribution is -0.159. The van der Waals surface area contributed by atoms with Crippen LogP contribution in [-0.2, 0) is 4.74 Å². The Morgan fingerprint density at radius 1 is 1.44 bits per heavy atom. The van der Waals surface area contributed by atoms with Crippen LogP contribution in [0.1, 0.15) is 10.5 Å². The summed E-state index contributed by atoms with van der Waals surface area (Å²) in [6.45, 7) is -1.73. The molecule has 1 heterocycles. The van der Waals surface area contributed by atoms with Crippen LogP contribution in [0.2, 0.25) is 0 Å². The van der Waals surface area contributed by atoms with E-state index in [0.29, 0.717) is 0 Å². The Labute approximate surface area is 98.4 Å². The van der Waals surface area contributed by atoms with Gasteiger partial charge in [-0.3, -0.25) is 5.32 Å². The predicted octanol–water partition coefficient (Wildman–Crippen LogP) is 1.89. The zero-order valence-corrected chi connectivity index (χ0v) is 8.69. The van der Waals surface area contributed by atoms with Gasteiger partial charge in [0.2, 0.25) is 0 Å². The number of hydrogen-bond acceptors (Lipinski definition) is 4. The van der Waals surface area contributed by atoms with Crippen LogP contribution in [0.15, 0.2) is 18.3 Å². The minimum Gasteiger partial charge on any atom is -0.477 e. The van der Waals surface area contributed by atoms with E-state index in [9.17, 15) is 22.8 Å². The maximum atomic E-state index is 11.7. The van der Waals surface area contributed by atoms with Gasteiger partial charge in [0, 0.05) is 11.9 Å². The van der Waals surface area contributed by atoms with Crippen LogP contribution in [-0.4, -0.2) is 34.9 Å². The zero-order chi connectivity index (χ0) is 13.8. The fourth-order valence-electron chi connectivity index (χ4n) is 0.927. The summed E-state index contributed by atoms with van der Waals surface area (Å²) in [7, 11) is 0. The largest absolute Gasteiger partial charge is 0.477 e. The van der Waals surface area contributed by atoms with Gasteiger partial charge in [-0.15, -0.1) is 0 Å². The Bertz CT molecular complexity index is 461. The molecule has 0 atom stereocenters. The summed E-state index contributed by atoms with van der Waals surface area (Å²) >= 11 is 0. The highest BCUT2D eigenvalue weighted by molar-refractivity contribution is 5.89. The average Bonchev–Trinajstić information content (AvgIpc) is 2.26. The van der Waals surface area contributed by atoms with Gasteiger partial charge in [0.1, 0.15) is 5.69 Å². The van der Waals surface area contributed by atoms with E-state index >= 15 is 0 Å². The number of carboxylic acid groups (broad SMARTS) is 1. The number of hydrogen-bond donors (Lipinski definition) is 2. The number of aromatic nitrogens is 1. The Balaban J connectivity index is 2.59. The lowest BCUT2D eigenvalue weighted by atomic mass is 10.3. The number of anilines is 1. The molecule has 18 heavy (non-hydrogen) atoms. The highest BCUT2D eigenvalue weighted by Gasteiger charge is 2.29. The molecule has 98 valence electrons. The van der Waals surface area contributed by atoms with Crippen LogP contribution in [0.25, 0.3) is 0 Å². The standard InChI is InChI=1S/C9H7F3N2O4/c10-9(11,12)4-18-8(17)14-5-1-2-13-6(3-5)7(15)16/h1-3H,4H2,(H,15,16)(H,13,14,17). The van der Waals surface area contributed by atoms with Crippen molar-refractivity contribution in [2.75, 3.05) is 11.9 Å². The van der Waals surface area contributed by atoms with Crippen LogP contribution in [0.5, 0.6) is 0 Å². The Hall–Kier alpha value is -2.32. The van der Waals surface area contributed by atoms with E-state index in [1.165, 1.54) is 6.07 Å². The van der Waals surface area contributed by atoms with E-state index in [4.69, 9.17) is 5.11 Å². The summed E-state index contributed by atoms with van der Waals surface area (Å²) in [6, 6.07) is 2.19. The number of nitrogens with one attached hydrogen (secondary N) is 1. The molecule has 0 unspecified atom stereocenters. The number of nitrogens with zero attached hydrogens (tertiary/aromatic N) is 1. The number of carbonyl (C=O) groups excluding carboxylic acids is 1. The lowest BCUT2D eigenvalue weighted by Gasteiger charge is -2.09. The maximum Gasteiger partial charge on any atom is 0.422 e. The number of halogens is 3. The van der Waals surface area contributed by atoms with Crippen molar-refractivity contribution >= 4 is 17.7 Å². The second-order valence-electron chi connectivity index (χ2n) is 3.05. The molecule has 0 saturated heterocycles. The molecule has 0 bridgehead atoms. The molecule has 0 aliphatic heterocycles. The van der Waals surface area contributed by atoms with Crippen LogP contribution in [0.4, 0.5) is 23.7 Å². The third-order valence-corrected chi connectivity index (χ3v) is 1.59. The molecule has 6 nitrogen and oxygen atoms in total. The third-order valence-electron chi connectivity index (χ3n) is 1.59. The smallest absolute Gasteiger partial charge is 0.422 e. The molecule has 0 spiro atoms. The highest BCUT2D eigenvalue weighted by Crippen LogP contribution is 2.15. The molecule has 1 rings (SSSR count). The minimum atomic E-state index is -4.62. The van der Waals surface area contributed by atoms with Crippen molar-refractivity contribution in [1.29, 1.82) is 0 Å². The zero-order valence-electron chi connectivity index (χ0n) is 8.69. The Morgan fingerprint density at radius 2 is 2.11 bits per heavy atom. The molecular formula is C9H7F3N2O4. The van der Waals surface area contributed by atoms with Crippen molar-refractivity contribution in [2.45, 2.75) is 6.18 Å². The van der Waals surface area contributed by atoms with Crippen LogP contribution < -0.4 is 5.32 Å². The van der Waals surface area contributed by atoms with Crippen molar-refractivity contribution in [1.82, 2.24) is 4.98 Å². The Morgan fingerprint density at radius 3 is 2.67 bits per heavy atom. The Kier molecular flexibility index (Phi) is 4.08. The molecule has 1 aromatic heterocycles. The summed E-state index contributed by atoms with van der Waals surface area (Å²) in [5.74, 6) is -1.33. The topological polar surface area (TPSA) is 88.5 Å². The lowest BCUT2D eigenvalue weighted by Crippen LogP contribution is -2.23. The predicted molar refractivity (Wildman–Crippen MR) is 52.2 cm³/mol. The average molecular weight is 264 g/mol. The van der Waals surface area contributed by atoms with E-state index in [0.717, 1.165) is 12.3 Å². The van der Waals surface area contributed by atoms with Gasteiger partial charge in [0.15, 0.2) is 6.61 Å². The summed E-state index contributed by atoms with van der Waals surface area (Å²) in [5.41, 5.74) is -0.391. The van der Waals surface area contributed by atoms with Gasteiger partial charge in [-0.1, -0.05) is 0 Å². The molecule has 0 aromatic carbocycles. The summed E-state index contributed by atoms with van der Waals surface area (Å²) in [4.78, 5) is 24.9. The monoisotopic (exact) mass is 264 g/mol. The fourth-order valence-corrected chi connectivity index (χ4v) is 0.927. The summed E-state index contributed by atoms with van der Waals surface area (Å²) < 4.78 is 39.1. The number of ether oxygens (including phenoxy) is 1. The van der Waals surface area contributed by atoms with Gasteiger partial charge in [-0.2, -0.15) is 13.2 Å². The number of amides is 1. The second kappa shape index (κ2) is 5.34. The number of aromatic carboxylic acids is 1. The van der Waals surface area contributed by atoms with Crippen LogP contribution in [0, 0.1) is 0 Å². The number of carboxylic acids is 1. The quantitative estimate of drug-likeness (QED) is 0.870. The molecule has 0 aliphatic rings. The van der Waals surface area contributed by atoms with Crippen LogP contribution >= 0.6 is 0 Å². The molecule has 2 N–H and O–H groups in total. The van der Waals surface area contributed by atoms with Crippen molar-refractivity contribution < 1.29 is 32.6 Å². The van der Waals surface area contributed by atoms with Gasteiger partial charge < -0.3 is 9.84 Å². The van der Waals surface area contributed by atoms with E-state index < -0.39 is 24.8 Å². The number of carbonyl (C=O) groups is 2. The van der Waals surface area contributed by atoms with Crippen molar-refractivity contribution in [3.63, 3.8) is 0 Å². The number of rotatable bonds is 3. The SMILES string of the molecule is O=C(Nc1ccnc(C(=O)O)c1)OCC(F)(F)F. The van der Waals surface area contributed by atoms with E-state index in [2.05, 4.69) is 9.72 Å². The van der Waals surface area contributed by atoms with E-state index in [-0.39, 0.29) is 11.4 Å². The normalized spacial score (nSPS) is 10.8. The molecular weight excluding hydrogens is 257 g/mol. The maximum absolute atomic E-state index is 11.7. The second-order valence-corrected chi connectivity index (χ2v) is 3.05. The minimum absolute atomic E-state index is 0.0328. The molecule has 0 aliphatic carbocycles. The number of pyridine rings is 1. The molecule has 0 saturated carbocycles. The molecule has 1 aromatic rings. The summed E-state index contributed by atoms with van der Waals surface area (Å²) in [6.07, 6.45) is -4.88. The summed E-state index contributed by atoms with van der Waals surface area (Å²) in [5, 5.41) is 10.5. The highest BCUT2D eigenvalue weighted by atomic mass is 19.4. The van der Waals surface area contributed by atoms with Gasteiger partial charge >= 0.3 is 18.2 Å². The third kappa shape index (κ3) is 4.68. The first-order valence-corrected chi connectivity index (χ1v) is 4.48. The van der Waals surface area contributed by atoms with Crippen molar-refractivity contribution in [2.24, 2.45) is 0 Å². The van der Waals surface area contributed by atoms with Gasteiger partial charge in [-0.05, 0) is 12.1 Å². The van der Waals surface area contributed by atoms with Crippen molar-refractivity contribution in [3.8, 4) is 0 Å². The van der Waals surface area contributed by atoms with Gasteiger partial charge in [-0.25, -0.2) is 14.6 Å². The van der Waals surface area contributed by atoms with Gasteiger partial charge in [0.25, 0.3) is 0 Å². The van der Waals surface area contributed by atoms with Crippen molar-refractivity contribution in [3.05, 3.63) is 24.0 Å². The van der Waals surface area contributed by atoms with Crippen LogP contribution in [0.3, 0.4) is 0 Å². The molecule has 1 amide bonds. The molecule has 0 fully saturated rings. The van der Waals surface area contributed by atoms with E-state index in [1.807, 2.05) is 5.32 Å². The molecule has 0 radical (unpaired) electrons. The van der Waals surface area contributed by atoms with E-state index in [1.54, 1.807) is 0 Å². The van der Waals surface area contributed by atoms with Gasteiger partial charge in [0.05, 0.1) is 0 Å².